The van der Waals surface area contributed by atoms with Gasteiger partial charge >= 0.3 is 0 Å². The smallest absolute Gasteiger partial charge is 0.294 e. The summed E-state index contributed by atoms with van der Waals surface area (Å²) < 4.78 is 16.7. The van der Waals surface area contributed by atoms with Crippen LogP contribution >= 0.6 is 0 Å². The first-order valence-electron chi connectivity index (χ1n) is 9.31. The lowest BCUT2D eigenvalue weighted by atomic mass is 10.1. The Morgan fingerprint density at radius 2 is 2.09 bits per heavy atom. The van der Waals surface area contributed by atoms with Gasteiger partial charge in [-0.1, -0.05) is 11.3 Å². The maximum absolute atomic E-state index is 13.0. The van der Waals surface area contributed by atoms with Gasteiger partial charge in [-0.05, 0) is 41.5 Å². The van der Waals surface area contributed by atoms with E-state index in [4.69, 9.17) is 15.2 Å². The van der Waals surface area contributed by atoms with Crippen molar-refractivity contribution in [1.82, 2.24) is 35.7 Å². The third-order valence-corrected chi connectivity index (χ3v) is 4.63. The molecule has 1 aliphatic rings. The Labute approximate surface area is 179 Å². The molecule has 160 valence electrons. The molecule has 13 heteroatoms. The number of nitrogens with two attached hydrogens (primary N) is 1. The number of benzene rings is 1. The molecule has 1 aromatic carbocycles. The number of amides is 1. The van der Waals surface area contributed by atoms with Gasteiger partial charge in [-0.15, -0.1) is 5.10 Å². The van der Waals surface area contributed by atoms with Crippen molar-refractivity contribution < 1.29 is 18.9 Å². The summed E-state index contributed by atoms with van der Waals surface area (Å²) in [6, 6.07) is 8.74. The highest BCUT2D eigenvalue weighted by Crippen LogP contribution is 2.37. The van der Waals surface area contributed by atoms with E-state index in [0.29, 0.717) is 22.8 Å². The van der Waals surface area contributed by atoms with E-state index in [1.165, 1.54) is 4.68 Å². The molecular formula is C19H15N9O4. The lowest BCUT2D eigenvalue weighted by molar-refractivity contribution is 0.0950. The maximum atomic E-state index is 13.0. The molecular weight excluding hydrogens is 418 g/mol. The molecule has 1 aliphatic heterocycles. The van der Waals surface area contributed by atoms with Crippen LogP contribution in [-0.4, -0.2) is 48.7 Å². The van der Waals surface area contributed by atoms with Gasteiger partial charge in [-0.3, -0.25) is 9.78 Å². The molecule has 3 N–H and O–H groups in total. The number of aromatic nitrogens is 6. The molecule has 0 spiro atoms. The molecule has 0 radical (unpaired) electrons. The Morgan fingerprint density at radius 3 is 2.88 bits per heavy atom. The predicted molar refractivity (Wildman–Crippen MR) is 109 cm³/mol. The Morgan fingerprint density at radius 1 is 1.22 bits per heavy atom. The summed E-state index contributed by atoms with van der Waals surface area (Å²) >= 11 is 0. The van der Waals surface area contributed by atoms with Crippen molar-refractivity contribution in [1.29, 1.82) is 0 Å². The van der Waals surface area contributed by atoms with Crippen LogP contribution in [0, 0.1) is 0 Å². The van der Waals surface area contributed by atoms with Crippen LogP contribution in [0.1, 0.15) is 23.0 Å². The normalized spacial score (nSPS) is 12.7. The van der Waals surface area contributed by atoms with E-state index in [1.54, 1.807) is 43.6 Å². The fraction of sp³-hybridized carbons (Fsp3) is 0.105. The van der Waals surface area contributed by atoms with Crippen LogP contribution in [0.25, 0.3) is 17.1 Å². The number of rotatable bonds is 5. The van der Waals surface area contributed by atoms with Gasteiger partial charge in [-0.25, -0.2) is 10.1 Å². The summed E-state index contributed by atoms with van der Waals surface area (Å²) in [5.74, 6) is 0.562. The summed E-state index contributed by atoms with van der Waals surface area (Å²) in [4.78, 5) is 17.0. The molecule has 0 aliphatic carbocycles. The lowest BCUT2D eigenvalue weighted by Gasteiger charge is -2.07. The second-order valence-corrected chi connectivity index (χ2v) is 6.62. The average molecular weight is 433 g/mol. The van der Waals surface area contributed by atoms with E-state index in [9.17, 15) is 4.79 Å². The first-order valence-corrected chi connectivity index (χ1v) is 9.31. The van der Waals surface area contributed by atoms with Gasteiger partial charge in [0.15, 0.2) is 17.2 Å². The van der Waals surface area contributed by atoms with Gasteiger partial charge in [0.25, 0.3) is 5.91 Å². The topological polar surface area (TPSA) is 168 Å². The summed E-state index contributed by atoms with van der Waals surface area (Å²) in [5.41, 5.74) is 10.5. The number of fused-ring (bicyclic) bond motifs is 1. The van der Waals surface area contributed by atoms with Crippen LogP contribution in [0.15, 0.2) is 52.5 Å². The predicted octanol–water partition coefficient (Wildman–Crippen LogP) is 1.18. The minimum absolute atomic E-state index is 0.0192. The molecule has 32 heavy (non-hydrogen) atoms. The van der Waals surface area contributed by atoms with Crippen molar-refractivity contribution in [3.8, 4) is 28.6 Å². The van der Waals surface area contributed by atoms with Crippen LogP contribution in [0.3, 0.4) is 0 Å². The third-order valence-electron chi connectivity index (χ3n) is 4.63. The number of nitrogens with zero attached hydrogens (tertiary/aromatic N) is 7. The van der Waals surface area contributed by atoms with Crippen LogP contribution in [0.4, 0.5) is 5.82 Å². The number of hydrazone groups is 1. The third kappa shape index (κ3) is 3.36. The number of carbonyl (C=O) groups excluding carboxylic acids is 1. The van der Waals surface area contributed by atoms with Crippen molar-refractivity contribution in [3.63, 3.8) is 0 Å². The summed E-state index contributed by atoms with van der Waals surface area (Å²) in [6.45, 7) is 1.85. The highest BCUT2D eigenvalue weighted by molar-refractivity contribution is 6.02. The highest BCUT2D eigenvalue weighted by Gasteiger charge is 2.26. The monoisotopic (exact) mass is 433 g/mol. The highest BCUT2D eigenvalue weighted by atomic mass is 16.7. The molecule has 0 saturated heterocycles. The van der Waals surface area contributed by atoms with Crippen LogP contribution in [-0.2, 0) is 0 Å². The minimum atomic E-state index is -0.595. The van der Waals surface area contributed by atoms with E-state index < -0.39 is 5.91 Å². The Bertz CT molecular complexity index is 1330. The largest absolute Gasteiger partial charge is 0.454 e. The maximum Gasteiger partial charge on any atom is 0.294 e. The van der Waals surface area contributed by atoms with Crippen LogP contribution in [0.2, 0.25) is 0 Å². The fourth-order valence-corrected chi connectivity index (χ4v) is 3.05. The molecule has 0 unspecified atom stereocenters. The number of anilines is 1. The van der Waals surface area contributed by atoms with E-state index in [2.05, 4.69) is 40.8 Å². The molecule has 1 amide bonds. The number of hydrogen-bond acceptors (Lipinski definition) is 11. The Balaban J connectivity index is 1.55. The zero-order valence-corrected chi connectivity index (χ0v) is 16.6. The Hall–Kier alpha value is -4.81. The average Bonchev–Trinajstić information content (AvgIpc) is 3.56. The molecule has 4 heterocycles. The van der Waals surface area contributed by atoms with Gasteiger partial charge < -0.3 is 15.2 Å². The number of nitrogen functional groups attached to an aromatic ring is 1. The van der Waals surface area contributed by atoms with E-state index in [0.717, 1.165) is 5.56 Å². The molecule has 4 aromatic rings. The number of carbonyl (C=O) groups is 1. The number of ether oxygens (including phenoxy) is 2. The van der Waals surface area contributed by atoms with Gasteiger partial charge in [0.1, 0.15) is 5.69 Å². The first kappa shape index (κ1) is 19.2. The van der Waals surface area contributed by atoms with Gasteiger partial charge in [0, 0.05) is 23.5 Å². The van der Waals surface area contributed by atoms with E-state index in [1.807, 2.05) is 6.07 Å². The molecule has 0 saturated carbocycles. The SMILES string of the molecule is C/C(=N\NC(=O)c1nnn(-c2nonc2N)c1-c1ccc2c(c1)OCO2)c1cccnc1. The minimum Gasteiger partial charge on any atom is -0.454 e. The first-order chi connectivity index (χ1) is 15.6. The standard InChI is InChI=1S/C19H15N9O4/c1-10(12-3-2-6-21-8-12)22-24-19(29)15-16(11-4-5-13-14(7-11)31-9-30-13)28(27-23-15)18-17(20)25-32-26-18/h2-8H,9H2,1H3,(H2,20,25)(H,24,29)/b22-10+. The van der Waals surface area contributed by atoms with Crippen molar-refractivity contribution in [2.24, 2.45) is 5.10 Å². The second-order valence-electron chi connectivity index (χ2n) is 6.62. The lowest BCUT2D eigenvalue weighted by Crippen LogP contribution is -2.21. The number of nitrogens with one attached hydrogen (secondary N) is 1. The number of pyridine rings is 1. The number of hydrogen-bond donors (Lipinski definition) is 2. The summed E-state index contributed by atoms with van der Waals surface area (Å²) in [7, 11) is 0. The quantitative estimate of drug-likeness (QED) is 0.344. The van der Waals surface area contributed by atoms with Crippen molar-refractivity contribution >= 4 is 17.4 Å². The molecule has 0 bridgehead atoms. The van der Waals surface area contributed by atoms with Crippen LogP contribution < -0.4 is 20.6 Å². The summed E-state index contributed by atoms with van der Waals surface area (Å²) in [6.07, 6.45) is 3.29. The summed E-state index contributed by atoms with van der Waals surface area (Å²) in [5, 5.41) is 19.5. The molecule has 0 fully saturated rings. The van der Waals surface area contributed by atoms with E-state index >= 15 is 0 Å². The van der Waals surface area contributed by atoms with Gasteiger partial charge in [0.2, 0.25) is 18.4 Å². The second kappa shape index (κ2) is 7.79. The zero-order valence-electron chi connectivity index (χ0n) is 16.6. The fourth-order valence-electron chi connectivity index (χ4n) is 3.05. The Kier molecular flexibility index (Phi) is 4.67. The van der Waals surface area contributed by atoms with Gasteiger partial charge in [-0.2, -0.15) is 9.78 Å². The van der Waals surface area contributed by atoms with Crippen molar-refractivity contribution in [3.05, 3.63) is 54.0 Å². The molecule has 13 nitrogen and oxygen atoms in total. The van der Waals surface area contributed by atoms with Gasteiger partial charge in [0.05, 0.1) is 5.71 Å². The van der Waals surface area contributed by atoms with Crippen molar-refractivity contribution in [2.45, 2.75) is 6.92 Å². The molecule has 5 rings (SSSR count). The van der Waals surface area contributed by atoms with Crippen molar-refractivity contribution in [2.75, 3.05) is 12.5 Å². The molecule has 3 aromatic heterocycles. The zero-order chi connectivity index (χ0) is 22.1. The molecule has 0 atom stereocenters. The van der Waals surface area contributed by atoms with E-state index in [-0.39, 0.29) is 29.8 Å². The van der Waals surface area contributed by atoms with Crippen LogP contribution in [0.5, 0.6) is 11.5 Å².